The van der Waals surface area contributed by atoms with Gasteiger partial charge in [-0.2, -0.15) is 11.3 Å². The van der Waals surface area contributed by atoms with Crippen molar-refractivity contribution in [1.29, 1.82) is 0 Å². The van der Waals surface area contributed by atoms with Crippen molar-refractivity contribution in [1.82, 2.24) is 15.1 Å². The molecule has 6 heteroatoms. The van der Waals surface area contributed by atoms with Gasteiger partial charge in [0.25, 0.3) is 0 Å². The topological polar surface area (TPSA) is 48.7 Å². The van der Waals surface area contributed by atoms with Crippen LogP contribution in [0.2, 0.25) is 0 Å². The second kappa shape index (κ2) is 7.66. The van der Waals surface area contributed by atoms with Crippen molar-refractivity contribution in [2.24, 2.45) is 0 Å². The summed E-state index contributed by atoms with van der Waals surface area (Å²) in [5.74, 6) is 0.924. The molecule has 0 saturated carbocycles. The lowest BCUT2D eigenvalue weighted by atomic mass is 10.2. The summed E-state index contributed by atoms with van der Waals surface area (Å²) in [5, 5.41) is 7.15. The van der Waals surface area contributed by atoms with Crippen LogP contribution in [-0.2, 0) is 6.54 Å². The van der Waals surface area contributed by atoms with Crippen molar-refractivity contribution < 1.29 is 9.21 Å². The van der Waals surface area contributed by atoms with E-state index in [0.717, 1.165) is 24.4 Å². The lowest BCUT2D eigenvalue weighted by Gasteiger charge is -2.27. The molecule has 2 aromatic rings. The first-order chi connectivity index (χ1) is 11.2. The number of rotatable bonds is 6. The van der Waals surface area contributed by atoms with Gasteiger partial charge in [0.1, 0.15) is 5.76 Å². The number of nitrogens with one attached hydrogen (secondary N) is 1. The summed E-state index contributed by atoms with van der Waals surface area (Å²) in [6.45, 7) is 3.32. The molecule has 3 heterocycles. The molecule has 1 aliphatic rings. The molecule has 124 valence electrons. The highest BCUT2D eigenvalue weighted by atomic mass is 32.1. The molecule has 5 nitrogen and oxygen atoms in total. The third-order valence-electron chi connectivity index (χ3n) is 4.25. The second-order valence-corrected chi connectivity index (χ2v) is 6.73. The van der Waals surface area contributed by atoms with Crippen molar-refractivity contribution in [3.63, 3.8) is 0 Å². The predicted octanol–water partition coefficient (Wildman–Crippen LogP) is 3.32. The lowest BCUT2D eigenvalue weighted by molar-refractivity contribution is 0.187. The lowest BCUT2D eigenvalue weighted by Crippen LogP contribution is -2.42. The van der Waals surface area contributed by atoms with E-state index in [0.29, 0.717) is 13.1 Å². The van der Waals surface area contributed by atoms with Crippen LogP contribution < -0.4 is 5.32 Å². The molecule has 0 bridgehead atoms. The van der Waals surface area contributed by atoms with Gasteiger partial charge in [0.15, 0.2) is 0 Å². The highest BCUT2D eigenvalue weighted by Crippen LogP contribution is 2.24. The molecule has 1 fully saturated rings. The summed E-state index contributed by atoms with van der Waals surface area (Å²) in [6, 6.07) is 6.01. The summed E-state index contributed by atoms with van der Waals surface area (Å²) >= 11 is 1.65. The molecule has 3 rings (SSSR count). The van der Waals surface area contributed by atoms with Gasteiger partial charge in [-0.25, -0.2) is 4.79 Å². The highest BCUT2D eigenvalue weighted by molar-refractivity contribution is 7.07. The van der Waals surface area contributed by atoms with E-state index in [1.807, 2.05) is 30.6 Å². The number of carbonyl (C=O) groups is 1. The van der Waals surface area contributed by atoms with Crippen LogP contribution in [0.3, 0.4) is 0 Å². The maximum absolute atomic E-state index is 12.3. The molecule has 0 radical (unpaired) electrons. The number of urea groups is 1. The second-order valence-electron chi connectivity index (χ2n) is 5.95. The molecule has 2 amide bonds. The van der Waals surface area contributed by atoms with E-state index in [1.54, 1.807) is 22.5 Å². The van der Waals surface area contributed by atoms with Crippen molar-refractivity contribution in [3.8, 4) is 0 Å². The Kier molecular flexibility index (Phi) is 5.35. The fourth-order valence-corrected chi connectivity index (χ4v) is 3.65. The molecule has 0 aromatic carbocycles. The van der Waals surface area contributed by atoms with E-state index in [-0.39, 0.29) is 12.1 Å². The van der Waals surface area contributed by atoms with Crippen LogP contribution in [0, 0.1) is 0 Å². The minimum Gasteiger partial charge on any atom is -0.468 e. The quantitative estimate of drug-likeness (QED) is 0.882. The van der Waals surface area contributed by atoms with Crippen molar-refractivity contribution in [2.75, 3.05) is 26.7 Å². The molecule has 2 aromatic heterocycles. The van der Waals surface area contributed by atoms with Gasteiger partial charge in [-0.1, -0.05) is 0 Å². The van der Waals surface area contributed by atoms with Gasteiger partial charge in [-0.05, 0) is 60.5 Å². The first kappa shape index (κ1) is 16.1. The Morgan fingerprint density at radius 3 is 2.91 bits per heavy atom. The van der Waals surface area contributed by atoms with Crippen LogP contribution >= 0.6 is 11.3 Å². The predicted molar refractivity (Wildman–Crippen MR) is 91.4 cm³/mol. The van der Waals surface area contributed by atoms with Crippen LogP contribution in [0.25, 0.3) is 0 Å². The Morgan fingerprint density at radius 2 is 2.26 bits per heavy atom. The number of carbonyl (C=O) groups excluding carboxylic acids is 1. The van der Waals surface area contributed by atoms with Crippen LogP contribution in [-0.4, -0.2) is 42.5 Å². The van der Waals surface area contributed by atoms with E-state index in [4.69, 9.17) is 4.42 Å². The first-order valence-electron chi connectivity index (χ1n) is 8.01. The minimum atomic E-state index is -0.0491. The van der Waals surface area contributed by atoms with Gasteiger partial charge in [0.2, 0.25) is 0 Å². The molecule has 1 N–H and O–H groups in total. The SMILES string of the molecule is CN(Cc1ccsc1)C(=O)NC[C@H](c1ccco1)N1CCCC1. The Balaban J connectivity index is 1.56. The fourth-order valence-electron chi connectivity index (χ4n) is 2.99. The maximum Gasteiger partial charge on any atom is 0.317 e. The molecule has 1 aliphatic heterocycles. The zero-order valence-corrected chi connectivity index (χ0v) is 14.2. The van der Waals surface area contributed by atoms with E-state index in [9.17, 15) is 4.79 Å². The first-order valence-corrected chi connectivity index (χ1v) is 8.96. The zero-order valence-electron chi connectivity index (χ0n) is 13.4. The van der Waals surface area contributed by atoms with Crippen LogP contribution in [0.15, 0.2) is 39.6 Å². The van der Waals surface area contributed by atoms with Crippen molar-refractivity contribution >= 4 is 17.4 Å². The number of thiophene rings is 1. The summed E-state index contributed by atoms with van der Waals surface area (Å²) in [7, 11) is 1.82. The highest BCUT2D eigenvalue weighted by Gasteiger charge is 2.26. The molecule has 1 saturated heterocycles. The standard InChI is InChI=1S/C17H23N3O2S/c1-19(12-14-6-10-23-13-14)17(21)18-11-15(16-5-4-9-22-16)20-7-2-3-8-20/h4-6,9-10,13,15H,2-3,7-8,11-12H2,1H3,(H,18,21)/t15-/m1/s1. The van der Waals surface area contributed by atoms with E-state index < -0.39 is 0 Å². The summed E-state index contributed by atoms with van der Waals surface area (Å²) in [6.07, 6.45) is 4.12. The molecule has 0 spiro atoms. The van der Waals surface area contributed by atoms with Crippen LogP contribution in [0.1, 0.15) is 30.2 Å². The summed E-state index contributed by atoms with van der Waals surface area (Å²) in [5.41, 5.74) is 1.16. The molecular formula is C17H23N3O2S. The van der Waals surface area contributed by atoms with E-state index in [1.165, 1.54) is 12.8 Å². The van der Waals surface area contributed by atoms with Gasteiger partial charge in [-0.3, -0.25) is 4.90 Å². The Hall–Kier alpha value is -1.79. The number of amides is 2. The number of likely N-dealkylation sites (tertiary alicyclic amines) is 1. The van der Waals surface area contributed by atoms with Gasteiger partial charge in [0, 0.05) is 20.1 Å². The third-order valence-corrected chi connectivity index (χ3v) is 4.98. The van der Waals surface area contributed by atoms with Gasteiger partial charge in [-0.15, -0.1) is 0 Å². The molecule has 1 atom stereocenters. The van der Waals surface area contributed by atoms with E-state index in [2.05, 4.69) is 15.6 Å². The van der Waals surface area contributed by atoms with Gasteiger partial charge < -0.3 is 14.6 Å². The average Bonchev–Trinajstić information content (AvgIpc) is 3.31. The number of hydrogen-bond donors (Lipinski definition) is 1. The third kappa shape index (κ3) is 4.14. The maximum atomic E-state index is 12.3. The smallest absolute Gasteiger partial charge is 0.317 e. The van der Waals surface area contributed by atoms with E-state index >= 15 is 0 Å². The van der Waals surface area contributed by atoms with Gasteiger partial charge >= 0.3 is 6.03 Å². The normalized spacial score (nSPS) is 16.4. The monoisotopic (exact) mass is 333 g/mol. The molecular weight excluding hydrogens is 310 g/mol. The summed E-state index contributed by atoms with van der Waals surface area (Å²) in [4.78, 5) is 16.4. The number of hydrogen-bond acceptors (Lipinski definition) is 4. The van der Waals surface area contributed by atoms with Crippen LogP contribution in [0.4, 0.5) is 4.79 Å². The number of nitrogens with zero attached hydrogens (tertiary/aromatic N) is 2. The summed E-state index contributed by atoms with van der Waals surface area (Å²) < 4.78 is 5.58. The Morgan fingerprint density at radius 1 is 1.43 bits per heavy atom. The van der Waals surface area contributed by atoms with Crippen molar-refractivity contribution in [2.45, 2.75) is 25.4 Å². The Labute approximate surface area is 140 Å². The average molecular weight is 333 g/mol. The minimum absolute atomic E-state index is 0.0491. The fraction of sp³-hybridized carbons (Fsp3) is 0.471. The van der Waals surface area contributed by atoms with Crippen LogP contribution in [0.5, 0.6) is 0 Å². The molecule has 0 aliphatic carbocycles. The van der Waals surface area contributed by atoms with Crippen molar-refractivity contribution in [3.05, 3.63) is 46.5 Å². The zero-order chi connectivity index (χ0) is 16.1. The Bertz CT molecular complexity index is 591. The molecule has 0 unspecified atom stereocenters. The number of furan rings is 1. The molecule has 23 heavy (non-hydrogen) atoms. The van der Waals surface area contributed by atoms with Gasteiger partial charge in [0.05, 0.1) is 12.3 Å². The largest absolute Gasteiger partial charge is 0.468 e.